The average Bonchev–Trinajstić information content (AvgIpc) is 2.34. The Morgan fingerprint density at radius 1 is 1.18 bits per heavy atom. The molecule has 0 saturated carbocycles. The molecule has 0 fully saturated rings. The monoisotopic (exact) mass is 241 g/mol. The molecular formula is C13H23NO3. The van der Waals surface area contributed by atoms with Crippen molar-refractivity contribution in [3.05, 3.63) is 23.8 Å². The topological polar surface area (TPSA) is 86.7 Å². The van der Waals surface area contributed by atoms with E-state index in [1.54, 1.807) is 18.2 Å². The van der Waals surface area contributed by atoms with Crippen molar-refractivity contribution in [3.8, 4) is 11.5 Å². The number of rotatable bonds is 4. The van der Waals surface area contributed by atoms with Crippen LogP contribution in [0.15, 0.2) is 18.2 Å². The van der Waals surface area contributed by atoms with E-state index >= 15 is 0 Å². The average molecular weight is 241 g/mol. The van der Waals surface area contributed by atoms with E-state index < -0.39 is 0 Å². The number of aliphatic hydroxyl groups excluding tert-OH is 1. The van der Waals surface area contributed by atoms with Gasteiger partial charge >= 0.3 is 0 Å². The highest BCUT2D eigenvalue weighted by Crippen LogP contribution is 2.26. The van der Waals surface area contributed by atoms with Crippen LogP contribution in [0.4, 0.5) is 0 Å². The van der Waals surface area contributed by atoms with Gasteiger partial charge in [0.05, 0.1) is 6.10 Å². The molecule has 0 aliphatic rings. The number of phenolic OH excluding ortho intramolecular Hbond substituents is 2. The van der Waals surface area contributed by atoms with E-state index in [1.807, 2.05) is 13.8 Å². The van der Waals surface area contributed by atoms with Crippen LogP contribution in [-0.2, 0) is 6.42 Å². The van der Waals surface area contributed by atoms with Gasteiger partial charge in [-0.15, -0.1) is 0 Å². The first-order valence-corrected chi connectivity index (χ1v) is 5.94. The molecule has 0 aliphatic carbocycles. The largest absolute Gasteiger partial charge is 0.508 e. The van der Waals surface area contributed by atoms with Crippen molar-refractivity contribution in [3.63, 3.8) is 0 Å². The highest BCUT2D eigenvalue weighted by atomic mass is 16.3. The number of benzene rings is 1. The van der Waals surface area contributed by atoms with Crippen LogP contribution in [-0.4, -0.2) is 28.0 Å². The highest BCUT2D eigenvalue weighted by Gasteiger charge is 2.03. The summed E-state index contributed by atoms with van der Waals surface area (Å²) in [6, 6.07) is 4.80. The minimum atomic E-state index is -0.287. The van der Waals surface area contributed by atoms with Crippen LogP contribution in [0.3, 0.4) is 0 Å². The molecule has 1 aromatic rings. The van der Waals surface area contributed by atoms with Crippen LogP contribution in [0.1, 0.15) is 32.3 Å². The van der Waals surface area contributed by atoms with Crippen molar-refractivity contribution in [2.75, 3.05) is 6.54 Å². The summed E-state index contributed by atoms with van der Waals surface area (Å²) in [4.78, 5) is 0. The summed E-state index contributed by atoms with van der Waals surface area (Å²) in [5, 5.41) is 27.1. The van der Waals surface area contributed by atoms with E-state index in [2.05, 4.69) is 0 Å². The van der Waals surface area contributed by atoms with Gasteiger partial charge in [-0.25, -0.2) is 0 Å². The third kappa shape index (κ3) is 6.14. The SMILES string of the molecule is CCC(O)CN.CCCc1c(O)cccc1O. The van der Waals surface area contributed by atoms with Gasteiger partial charge in [-0.3, -0.25) is 0 Å². The number of nitrogens with two attached hydrogens (primary N) is 1. The zero-order valence-corrected chi connectivity index (χ0v) is 10.6. The standard InChI is InChI=1S/C9H12O2.C4H11NO/c1-2-4-7-8(10)5-3-6-9(7)11;1-2-4(6)3-5/h3,5-6,10-11H,2,4H2,1H3;4,6H,2-3,5H2,1H3. The van der Waals surface area contributed by atoms with Gasteiger partial charge in [-0.05, 0) is 25.0 Å². The second kappa shape index (κ2) is 8.84. The summed E-state index contributed by atoms with van der Waals surface area (Å²) < 4.78 is 0. The number of aliphatic hydroxyl groups is 1. The van der Waals surface area contributed by atoms with E-state index in [1.165, 1.54) is 0 Å². The molecule has 4 heteroatoms. The first-order chi connectivity index (χ1) is 8.06. The smallest absolute Gasteiger partial charge is 0.122 e. The fourth-order valence-electron chi connectivity index (χ4n) is 1.24. The Kier molecular flexibility index (Phi) is 8.19. The Labute approximate surface area is 103 Å². The maximum absolute atomic E-state index is 9.26. The number of hydrogen-bond acceptors (Lipinski definition) is 4. The Morgan fingerprint density at radius 2 is 1.71 bits per heavy atom. The maximum atomic E-state index is 9.26. The van der Waals surface area contributed by atoms with Gasteiger partial charge in [0.1, 0.15) is 11.5 Å². The molecule has 0 radical (unpaired) electrons. The summed E-state index contributed by atoms with van der Waals surface area (Å²) in [6.45, 7) is 4.29. The van der Waals surface area contributed by atoms with Crippen LogP contribution in [0.5, 0.6) is 11.5 Å². The van der Waals surface area contributed by atoms with Crippen LogP contribution >= 0.6 is 0 Å². The van der Waals surface area contributed by atoms with E-state index in [4.69, 9.17) is 10.8 Å². The first kappa shape index (κ1) is 15.7. The van der Waals surface area contributed by atoms with Crippen molar-refractivity contribution in [2.45, 2.75) is 39.2 Å². The van der Waals surface area contributed by atoms with E-state index in [9.17, 15) is 10.2 Å². The number of aromatic hydroxyl groups is 2. The molecule has 0 heterocycles. The lowest BCUT2D eigenvalue weighted by Gasteiger charge is -2.03. The molecule has 0 spiro atoms. The summed E-state index contributed by atoms with van der Waals surface area (Å²) in [5.41, 5.74) is 5.68. The molecule has 17 heavy (non-hydrogen) atoms. The minimum Gasteiger partial charge on any atom is -0.508 e. The number of hydrogen-bond donors (Lipinski definition) is 4. The van der Waals surface area contributed by atoms with Crippen molar-refractivity contribution in [2.24, 2.45) is 5.73 Å². The summed E-state index contributed by atoms with van der Waals surface area (Å²) in [7, 11) is 0. The molecule has 0 bridgehead atoms. The molecule has 0 aromatic heterocycles. The normalized spacial score (nSPS) is 11.5. The zero-order valence-electron chi connectivity index (χ0n) is 10.6. The van der Waals surface area contributed by atoms with Crippen LogP contribution in [0, 0.1) is 0 Å². The van der Waals surface area contributed by atoms with Gasteiger partial charge in [-0.1, -0.05) is 26.3 Å². The molecule has 0 amide bonds. The lowest BCUT2D eigenvalue weighted by molar-refractivity contribution is 0.179. The second-order valence-electron chi connectivity index (χ2n) is 3.82. The first-order valence-electron chi connectivity index (χ1n) is 5.94. The minimum absolute atomic E-state index is 0.187. The van der Waals surface area contributed by atoms with Gasteiger partial charge < -0.3 is 21.1 Å². The molecule has 1 atom stereocenters. The number of phenols is 2. The summed E-state index contributed by atoms with van der Waals surface area (Å²) in [5.74, 6) is 0.374. The van der Waals surface area contributed by atoms with Gasteiger partial charge in [0.15, 0.2) is 0 Å². The molecule has 98 valence electrons. The van der Waals surface area contributed by atoms with Gasteiger partial charge in [-0.2, -0.15) is 0 Å². The van der Waals surface area contributed by atoms with E-state index in [-0.39, 0.29) is 17.6 Å². The van der Waals surface area contributed by atoms with Crippen LogP contribution in [0.25, 0.3) is 0 Å². The van der Waals surface area contributed by atoms with Crippen LogP contribution in [0.2, 0.25) is 0 Å². The zero-order chi connectivity index (χ0) is 13.3. The fraction of sp³-hybridized carbons (Fsp3) is 0.538. The quantitative estimate of drug-likeness (QED) is 0.647. The van der Waals surface area contributed by atoms with Crippen molar-refractivity contribution < 1.29 is 15.3 Å². The lowest BCUT2D eigenvalue weighted by Crippen LogP contribution is -2.17. The molecule has 1 unspecified atom stereocenters. The molecular weight excluding hydrogens is 218 g/mol. The van der Waals surface area contributed by atoms with Gasteiger partial charge in [0, 0.05) is 12.1 Å². The van der Waals surface area contributed by atoms with Crippen molar-refractivity contribution >= 4 is 0 Å². The highest BCUT2D eigenvalue weighted by molar-refractivity contribution is 5.42. The Balaban J connectivity index is 0.000000366. The van der Waals surface area contributed by atoms with E-state index in [0.717, 1.165) is 19.3 Å². The molecule has 4 nitrogen and oxygen atoms in total. The summed E-state index contributed by atoms with van der Waals surface area (Å²) in [6.07, 6.45) is 2.12. The Hall–Kier alpha value is -1.26. The molecule has 0 saturated heterocycles. The molecule has 0 aliphatic heterocycles. The summed E-state index contributed by atoms with van der Waals surface area (Å²) >= 11 is 0. The predicted molar refractivity (Wildman–Crippen MR) is 69.1 cm³/mol. The van der Waals surface area contributed by atoms with Crippen molar-refractivity contribution in [1.29, 1.82) is 0 Å². The fourth-order valence-corrected chi connectivity index (χ4v) is 1.24. The van der Waals surface area contributed by atoms with Gasteiger partial charge in [0.25, 0.3) is 0 Å². The maximum Gasteiger partial charge on any atom is 0.122 e. The molecule has 1 aromatic carbocycles. The van der Waals surface area contributed by atoms with E-state index in [0.29, 0.717) is 12.1 Å². The second-order valence-corrected chi connectivity index (χ2v) is 3.82. The Morgan fingerprint density at radius 3 is 2.00 bits per heavy atom. The third-order valence-electron chi connectivity index (χ3n) is 2.37. The van der Waals surface area contributed by atoms with Gasteiger partial charge in [0.2, 0.25) is 0 Å². The lowest BCUT2D eigenvalue weighted by atomic mass is 10.1. The Bertz CT molecular complexity index is 291. The molecule has 5 N–H and O–H groups in total. The van der Waals surface area contributed by atoms with Crippen LogP contribution < -0.4 is 5.73 Å². The van der Waals surface area contributed by atoms with Crippen molar-refractivity contribution in [1.82, 2.24) is 0 Å². The third-order valence-corrected chi connectivity index (χ3v) is 2.37. The predicted octanol–water partition coefficient (Wildman–Crippen LogP) is 1.77. The molecule has 1 rings (SSSR count).